The molecule has 1 aromatic heterocycles. The average Bonchev–Trinajstić information content (AvgIpc) is 3.19. The van der Waals surface area contributed by atoms with E-state index in [4.69, 9.17) is 25.5 Å². The summed E-state index contributed by atoms with van der Waals surface area (Å²) in [5.74, 6) is 1.52. The topological polar surface area (TPSA) is 73.6 Å². The Morgan fingerprint density at radius 1 is 1.06 bits per heavy atom. The molecule has 0 fully saturated rings. The van der Waals surface area contributed by atoms with E-state index in [0.29, 0.717) is 39.2 Å². The zero-order valence-electron chi connectivity index (χ0n) is 16.7. The van der Waals surface area contributed by atoms with Crippen LogP contribution < -0.4 is 14.8 Å². The minimum atomic E-state index is -0.156. The molecule has 0 radical (unpaired) electrons. The number of oxazole rings is 1. The van der Waals surface area contributed by atoms with Crippen molar-refractivity contribution >= 4 is 50.2 Å². The van der Waals surface area contributed by atoms with Crippen LogP contribution in [-0.2, 0) is 11.2 Å². The van der Waals surface area contributed by atoms with Crippen molar-refractivity contribution in [1.29, 1.82) is 0 Å². The highest BCUT2D eigenvalue weighted by atomic mass is 79.9. The third kappa shape index (κ3) is 4.68. The van der Waals surface area contributed by atoms with Crippen LogP contribution >= 0.6 is 27.5 Å². The van der Waals surface area contributed by atoms with Gasteiger partial charge in [-0.1, -0.05) is 17.7 Å². The number of methoxy groups -OCH3 is 2. The molecule has 4 rings (SSSR count). The molecule has 1 amide bonds. The van der Waals surface area contributed by atoms with Gasteiger partial charge in [0.2, 0.25) is 11.8 Å². The van der Waals surface area contributed by atoms with Crippen molar-refractivity contribution in [3.05, 3.63) is 69.7 Å². The Labute approximate surface area is 192 Å². The summed E-state index contributed by atoms with van der Waals surface area (Å²) in [7, 11) is 3.13. The van der Waals surface area contributed by atoms with Gasteiger partial charge in [-0.3, -0.25) is 4.79 Å². The van der Waals surface area contributed by atoms with E-state index in [0.717, 1.165) is 15.6 Å². The molecule has 0 aliphatic heterocycles. The first-order valence-corrected chi connectivity index (χ1v) is 10.5. The summed E-state index contributed by atoms with van der Waals surface area (Å²) in [4.78, 5) is 17.1. The number of benzene rings is 3. The van der Waals surface area contributed by atoms with Crippen molar-refractivity contribution < 1.29 is 18.7 Å². The van der Waals surface area contributed by atoms with Crippen LogP contribution in [0.4, 0.5) is 5.69 Å². The van der Waals surface area contributed by atoms with Gasteiger partial charge in [0.25, 0.3) is 0 Å². The van der Waals surface area contributed by atoms with Crippen molar-refractivity contribution in [2.45, 2.75) is 6.42 Å². The largest absolute Gasteiger partial charge is 0.493 e. The smallest absolute Gasteiger partial charge is 0.228 e. The number of anilines is 1. The summed E-state index contributed by atoms with van der Waals surface area (Å²) in [6.45, 7) is 0. The number of hydrogen-bond donors (Lipinski definition) is 1. The van der Waals surface area contributed by atoms with Crippen LogP contribution in [0.5, 0.6) is 11.5 Å². The van der Waals surface area contributed by atoms with Gasteiger partial charge in [-0.05, 0) is 70.0 Å². The van der Waals surface area contributed by atoms with Gasteiger partial charge in [-0.2, -0.15) is 0 Å². The third-order valence-electron chi connectivity index (χ3n) is 4.65. The number of aromatic nitrogens is 1. The molecular weight excluding hydrogens is 484 g/mol. The van der Waals surface area contributed by atoms with E-state index in [9.17, 15) is 4.79 Å². The van der Waals surface area contributed by atoms with Gasteiger partial charge in [0.15, 0.2) is 17.1 Å². The van der Waals surface area contributed by atoms with Crippen molar-refractivity contribution in [2.24, 2.45) is 0 Å². The molecule has 0 aliphatic carbocycles. The molecular formula is C23H18BrClN2O4. The molecule has 8 heteroatoms. The first kappa shape index (κ1) is 21.2. The van der Waals surface area contributed by atoms with Crippen LogP contribution in [0.1, 0.15) is 5.56 Å². The zero-order valence-corrected chi connectivity index (χ0v) is 19.1. The van der Waals surface area contributed by atoms with E-state index in [-0.39, 0.29) is 12.3 Å². The van der Waals surface area contributed by atoms with E-state index in [1.165, 1.54) is 0 Å². The highest BCUT2D eigenvalue weighted by molar-refractivity contribution is 9.10. The molecule has 0 spiro atoms. The molecule has 6 nitrogen and oxygen atoms in total. The fourth-order valence-electron chi connectivity index (χ4n) is 3.14. The SMILES string of the molecule is COc1ccc(CC(=O)Nc2ccc3oc(-c4ccc(Cl)c(Br)c4)nc3c2)cc1OC. The lowest BCUT2D eigenvalue weighted by atomic mass is 10.1. The zero-order chi connectivity index (χ0) is 22.0. The molecule has 31 heavy (non-hydrogen) atoms. The first-order chi connectivity index (χ1) is 15.0. The van der Waals surface area contributed by atoms with Crippen LogP contribution in [0.2, 0.25) is 5.02 Å². The maximum Gasteiger partial charge on any atom is 0.228 e. The van der Waals surface area contributed by atoms with E-state index in [1.807, 2.05) is 18.2 Å². The standard InChI is InChI=1S/C23H18BrClN2O4/c1-29-20-7-3-13(9-21(20)30-2)10-22(28)26-15-5-8-19-18(12-15)27-23(31-19)14-4-6-17(25)16(24)11-14/h3-9,11-12H,10H2,1-2H3,(H,26,28). The molecule has 1 heterocycles. The van der Waals surface area contributed by atoms with Crippen molar-refractivity contribution in [1.82, 2.24) is 4.98 Å². The number of halogens is 2. The Bertz CT molecular complexity index is 1270. The summed E-state index contributed by atoms with van der Waals surface area (Å²) < 4.78 is 17.1. The number of hydrogen-bond acceptors (Lipinski definition) is 5. The Kier molecular flexibility index (Phi) is 6.15. The molecule has 0 unspecified atom stereocenters. The highest BCUT2D eigenvalue weighted by Gasteiger charge is 2.12. The van der Waals surface area contributed by atoms with Crippen LogP contribution in [-0.4, -0.2) is 25.1 Å². The fraction of sp³-hybridized carbons (Fsp3) is 0.130. The highest BCUT2D eigenvalue weighted by Crippen LogP contribution is 2.31. The molecule has 4 aromatic rings. The normalized spacial score (nSPS) is 10.8. The molecule has 0 saturated heterocycles. The number of carbonyl (C=O) groups is 1. The first-order valence-electron chi connectivity index (χ1n) is 9.33. The van der Waals surface area contributed by atoms with Crippen LogP contribution in [0.25, 0.3) is 22.6 Å². The van der Waals surface area contributed by atoms with Crippen molar-refractivity contribution in [2.75, 3.05) is 19.5 Å². The van der Waals surface area contributed by atoms with Crippen molar-refractivity contribution in [3.8, 4) is 23.0 Å². The van der Waals surface area contributed by atoms with E-state index < -0.39 is 0 Å². The van der Waals surface area contributed by atoms with E-state index in [1.54, 1.807) is 50.6 Å². The minimum absolute atomic E-state index is 0.156. The lowest BCUT2D eigenvalue weighted by Crippen LogP contribution is -2.14. The summed E-state index contributed by atoms with van der Waals surface area (Å²) in [6, 6.07) is 16.2. The maximum absolute atomic E-state index is 12.5. The average molecular weight is 502 g/mol. The number of rotatable bonds is 6. The number of fused-ring (bicyclic) bond motifs is 1. The second-order valence-corrected chi connectivity index (χ2v) is 8.01. The molecule has 0 bridgehead atoms. The molecule has 0 atom stereocenters. The Balaban J connectivity index is 1.51. The van der Waals surface area contributed by atoms with Crippen LogP contribution in [0.15, 0.2) is 63.5 Å². The maximum atomic E-state index is 12.5. The molecule has 1 N–H and O–H groups in total. The van der Waals surface area contributed by atoms with Crippen LogP contribution in [0.3, 0.4) is 0 Å². The molecule has 158 valence electrons. The van der Waals surface area contributed by atoms with Gasteiger partial charge in [-0.15, -0.1) is 0 Å². The minimum Gasteiger partial charge on any atom is -0.493 e. The van der Waals surface area contributed by atoms with Gasteiger partial charge in [0.05, 0.1) is 25.7 Å². The van der Waals surface area contributed by atoms with Gasteiger partial charge < -0.3 is 19.2 Å². The van der Waals surface area contributed by atoms with Gasteiger partial charge in [0.1, 0.15) is 5.52 Å². The van der Waals surface area contributed by atoms with Gasteiger partial charge in [0, 0.05) is 15.7 Å². The van der Waals surface area contributed by atoms with E-state index in [2.05, 4.69) is 26.2 Å². The van der Waals surface area contributed by atoms with Gasteiger partial charge >= 0.3 is 0 Å². The summed E-state index contributed by atoms with van der Waals surface area (Å²) >= 11 is 9.46. The predicted octanol–water partition coefficient (Wildman–Crippen LogP) is 6.11. The third-order valence-corrected chi connectivity index (χ3v) is 5.86. The number of ether oxygens (including phenoxy) is 2. The quantitative estimate of drug-likeness (QED) is 0.345. The number of nitrogens with one attached hydrogen (secondary N) is 1. The number of nitrogens with zero attached hydrogens (tertiary/aromatic N) is 1. The predicted molar refractivity (Wildman–Crippen MR) is 124 cm³/mol. The van der Waals surface area contributed by atoms with Crippen molar-refractivity contribution in [3.63, 3.8) is 0 Å². The Morgan fingerprint density at radius 2 is 1.87 bits per heavy atom. The second kappa shape index (κ2) is 8.99. The summed E-state index contributed by atoms with van der Waals surface area (Å²) in [5.41, 5.74) is 3.51. The summed E-state index contributed by atoms with van der Waals surface area (Å²) in [5, 5.41) is 3.51. The monoisotopic (exact) mass is 500 g/mol. The molecule has 3 aromatic carbocycles. The molecule has 0 aliphatic rings. The number of amides is 1. The Hall–Kier alpha value is -3.03. The number of carbonyl (C=O) groups excluding carboxylic acids is 1. The van der Waals surface area contributed by atoms with Gasteiger partial charge in [-0.25, -0.2) is 4.98 Å². The lowest BCUT2D eigenvalue weighted by Gasteiger charge is -2.10. The lowest BCUT2D eigenvalue weighted by molar-refractivity contribution is -0.115. The van der Waals surface area contributed by atoms with Crippen LogP contribution in [0, 0.1) is 0 Å². The molecule has 0 saturated carbocycles. The Morgan fingerprint density at radius 3 is 2.61 bits per heavy atom. The van der Waals surface area contributed by atoms with E-state index >= 15 is 0 Å². The fourth-order valence-corrected chi connectivity index (χ4v) is 3.64. The second-order valence-electron chi connectivity index (χ2n) is 6.74. The summed E-state index contributed by atoms with van der Waals surface area (Å²) in [6.07, 6.45) is 0.196.